The number of nitrogens with one attached hydrogen (secondary N) is 1. The highest BCUT2D eigenvalue weighted by molar-refractivity contribution is 9.10. The van der Waals surface area contributed by atoms with Crippen LogP contribution in [0.3, 0.4) is 0 Å². The van der Waals surface area contributed by atoms with Crippen LogP contribution in [-0.2, 0) is 4.74 Å². The van der Waals surface area contributed by atoms with Crippen molar-refractivity contribution < 1.29 is 9.66 Å². The van der Waals surface area contributed by atoms with Crippen LogP contribution in [0.2, 0.25) is 0 Å². The Morgan fingerprint density at radius 1 is 1.44 bits per heavy atom. The van der Waals surface area contributed by atoms with Crippen LogP contribution >= 0.6 is 15.9 Å². The molecule has 1 aromatic carbocycles. The number of rotatable bonds is 3. The average molecular weight is 313 g/mol. The van der Waals surface area contributed by atoms with Gasteiger partial charge in [-0.1, -0.05) is 0 Å². The van der Waals surface area contributed by atoms with Gasteiger partial charge in [-0.2, -0.15) is 0 Å². The Balaban J connectivity index is 1.75. The molecule has 3 unspecified atom stereocenters. The Morgan fingerprint density at radius 2 is 2.28 bits per heavy atom. The first kappa shape index (κ1) is 11.9. The quantitative estimate of drug-likeness (QED) is 0.688. The van der Waals surface area contributed by atoms with Gasteiger partial charge in [0.1, 0.15) is 0 Å². The molecule has 2 heterocycles. The van der Waals surface area contributed by atoms with E-state index in [1.165, 1.54) is 12.1 Å². The van der Waals surface area contributed by atoms with Crippen molar-refractivity contribution in [3.05, 3.63) is 32.8 Å². The Morgan fingerprint density at radius 3 is 2.83 bits per heavy atom. The number of nitro benzene ring substituents is 1. The largest absolute Gasteiger partial charge is 0.379 e. The number of non-ortho nitro benzene ring substituents is 1. The van der Waals surface area contributed by atoms with E-state index >= 15 is 0 Å². The van der Waals surface area contributed by atoms with Crippen molar-refractivity contribution in [3.63, 3.8) is 0 Å². The van der Waals surface area contributed by atoms with Crippen LogP contribution in [-0.4, -0.2) is 23.2 Å². The first-order chi connectivity index (χ1) is 8.63. The molecule has 3 atom stereocenters. The van der Waals surface area contributed by atoms with E-state index in [-0.39, 0.29) is 11.8 Å². The summed E-state index contributed by atoms with van der Waals surface area (Å²) in [6, 6.07) is 5.10. The maximum Gasteiger partial charge on any atom is 0.270 e. The number of fused-ring (bicyclic) bond motifs is 2. The summed E-state index contributed by atoms with van der Waals surface area (Å²) in [4.78, 5) is 10.3. The Hall–Kier alpha value is -1.14. The van der Waals surface area contributed by atoms with Gasteiger partial charge in [-0.05, 0) is 41.3 Å². The summed E-state index contributed by atoms with van der Waals surface area (Å²) in [5.41, 5.74) is 0.985. The molecule has 1 aromatic rings. The van der Waals surface area contributed by atoms with Gasteiger partial charge < -0.3 is 10.1 Å². The molecule has 0 radical (unpaired) electrons. The number of hydrogen-bond acceptors (Lipinski definition) is 4. The molecule has 0 aliphatic carbocycles. The summed E-state index contributed by atoms with van der Waals surface area (Å²) in [7, 11) is 0. The maximum absolute atomic E-state index is 10.7. The van der Waals surface area contributed by atoms with Crippen LogP contribution in [0.5, 0.6) is 0 Å². The molecular formula is C12H13BrN2O3. The number of nitrogens with zero attached hydrogens (tertiary/aromatic N) is 1. The molecule has 2 saturated heterocycles. The number of halogens is 1. The smallest absolute Gasteiger partial charge is 0.270 e. The lowest BCUT2D eigenvalue weighted by Crippen LogP contribution is -2.30. The van der Waals surface area contributed by atoms with Crippen molar-refractivity contribution >= 4 is 27.3 Å². The van der Waals surface area contributed by atoms with Gasteiger partial charge in [-0.3, -0.25) is 10.1 Å². The molecule has 0 saturated carbocycles. The first-order valence-corrected chi connectivity index (χ1v) is 6.79. The van der Waals surface area contributed by atoms with Gasteiger partial charge in [-0.25, -0.2) is 0 Å². The lowest BCUT2D eigenvalue weighted by atomic mass is 9.95. The molecule has 0 aromatic heterocycles. The summed E-state index contributed by atoms with van der Waals surface area (Å²) in [5, 5.41) is 14.1. The molecule has 0 spiro atoms. The summed E-state index contributed by atoms with van der Waals surface area (Å²) in [5.74, 6) is 0. The second-order valence-corrected chi connectivity index (χ2v) is 5.64. The first-order valence-electron chi connectivity index (χ1n) is 5.99. The summed E-state index contributed by atoms with van der Waals surface area (Å²) < 4.78 is 6.49. The number of benzene rings is 1. The predicted octanol–water partition coefficient (Wildman–Crippen LogP) is 3.09. The highest BCUT2D eigenvalue weighted by Crippen LogP contribution is 2.37. The van der Waals surface area contributed by atoms with Gasteiger partial charge in [0.2, 0.25) is 0 Å². The third kappa shape index (κ3) is 2.10. The van der Waals surface area contributed by atoms with Gasteiger partial charge in [0.15, 0.2) is 0 Å². The summed E-state index contributed by atoms with van der Waals surface area (Å²) >= 11 is 3.37. The van der Waals surface area contributed by atoms with Gasteiger partial charge in [0.05, 0.1) is 23.2 Å². The summed E-state index contributed by atoms with van der Waals surface area (Å²) in [6.45, 7) is 0. The van der Waals surface area contributed by atoms with Crippen molar-refractivity contribution in [3.8, 4) is 0 Å². The Labute approximate surface area is 113 Å². The van der Waals surface area contributed by atoms with Crippen LogP contribution < -0.4 is 5.32 Å². The SMILES string of the molecule is O=[N+]([O-])c1ccc(NC2CC3CCC2O3)c(Br)c1. The van der Waals surface area contributed by atoms with E-state index in [4.69, 9.17) is 4.74 Å². The predicted molar refractivity (Wildman–Crippen MR) is 70.7 cm³/mol. The van der Waals surface area contributed by atoms with Crippen LogP contribution in [0.25, 0.3) is 0 Å². The van der Waals surface area contributed by atoms with Crippen LogP contribution in [0, 0.1) is 10.1 Å². The zero-order valence-electron chi connectivity index (χ0n) is 9.64. The number of ether oxygens (including phenoxy) is 1. The minimum absolute atomic E-state index is 0.0941. The Bertz CT molecular complexity index is 494. The van der Waals surface area contributed by atoms with E-state index in [0.717, 1.165) is 29.4 Å². The minimum Gasteiger partial charge on any atom is -0.379 e. The van der Waals surface area contributed by atoms with E-state index in [0.29, 0.717) is 12.1 Å². The fourth-order valence-corrected chi connectivity index (χ4v) is 3.21. The third-order valence-corrected chi connectivity index (χ3v) is 4.27. The second kappa shape index (κ2) is 4.51. The van der Waals surface area contributed by atoms with Crippen molar-refractivity contribution in [2.24, 2.45) is 0 Å². The molecule has 2 aliphatic heterocycles. The van der Waals surface area contributed by atoms with E-state index in [1.807, 2.05) is 0 Å². The summed E-state index contributed by atoms with van der Waals surface area (Å²) in [6.07, 6.45) is 3.96. The van der Waals surface area contributed by atoms with Gasteiger partial charge in [0, 0.05) is 22.3 Å². The molecule has 18 heavy (non-hydrogen) atoms. The van der Waals surface area contributed by atoms with Crippen LogP contribution in [0.15, 0.2) is 22.7 Å². The van der Waals surface area contributed by atoms with E-state index < -0.39 is 4.92 Å². The minimum atomic E-state index is -0.394. The second-order valence-electron chi connectivity index (χ2n) is 4.78. The molecular weight excluding hydrogens is 300 g/mol. The third-order valence-electron chi connectivity index (χ3n) is 3.61. The van der Waals surface area contributed by atoms with Crippen LogP contribution in [0.4, 0.5) is 11.4 Å². The molecule has 2 fully saturated rings. The van der Waals surface area contributed by atoms with E-state index in [2.05, 4.69) is 21.2 Å². The lowest BCUT2D eigenvalue weighted by molar-refractivity contribution is -0.384. The Kier molecular flexibility index (Phi) is 2.99. The molecule has 6 heteroatoms. The van der Waals surface area contributed by atoms with Gasteiger partial charge >= 0.3 is 0 Å². The lowest BCUT2D eigenvalue weighted by Gasteiger charge is -2.21. The molecule has 96 valence electrons. The maximum atomic E-state index is 10.7. The fraction of sp³-hybridized carbons (Fsp3) is 0.500. The van der Waals surface area contributed by atoms with Crippen molar-refractivity contribution in [1.29, 1.82) is 0 Å². The monoisotopic (exact) mass is 312 g/mol. The van der Waals surface area contributed by atoms with Crippen molar-refractivity contribution in [2.45, 2.75) is 37.5 Å². The normalized spacial score (nSPS) is 29.5. The molecule has 0 amide bonds. The number of anilines is 1. The number of nitro groups is 1. The highest BCUT2D eigenvalue weighted by Gasteiger charge is 2.40. The molecule has 3 rings (SSSR count). The zero-order valence-corrected chi connectivity index (χ0v) is 11.2. The van der Waals surface area contributed by atoms with Gasteiger partial charge in [-0.15, -0.1) is 0 Å². The topological polar surface area (TPSA) is 64.4 Å². The van der Waals surface area contributed by atoms with E-state index in [9.17, 15) is 10.1 Å². The van der Waals surface area contributed by atoms with Crippen LogP contribution in [0.1, 0.15) is 19.3 Å². The number of hydrogen-bond donors (Lipinski definition) is 1. The fourth-order valence-electron chi connectivity index (χ4n) is 2.72. The van der Waals surface area contributed by atoms with E-state index in [1.54, 1.807) is 6.07 Å². The standard InChI is InChI=1S/C12H13BrN2O3/c13-9-5-7(15(16)17)1-3-10(9)14-11-6-8-2-4-12(11)18-8/h1,3,5,8,11-12,14H,2,4,6H2. The molecule has 1 N–H and O–H groups in total. The molecule has 2 bridgehead atoms. The highest BCUT2D eigenvalue weighted by atomic mass is 79.9. The zero-order chi connectivity index (χ0) is 12.7. The molecule has 2 aliphatic rings. The van der Waals surface area contributed by atoms with Crippen molar-refractivity contribution in [2.75, 3.05) is 5.32 Å². The van der Waals surface area contributed by atoms with Crippen molar-refractivity contribution in [1.82, 2.24) is 0 Å². The average Bonchev–Trinajstić information content (AvgIpc) is 2.93. The van der Waals surface area contributed by atoms with Gasteiger partial charge in [0.25, 0.3) is 5.69 Å². The molecule has 5 nitrogen and oxygen atoms in total.